The third-order valence-corrected chi connectivity index (χ3v) is 7.25. The van der Waals surface area contributed by atoms with E-state index in [0.29, 0.717) is 16.1 Å². The van der Waals surface area contributed by atoms with Crippen LogP contribution < -0.4 is 0 Å². The molecule has 28 heavy (non-hydrogen) atoms. The lowest BCUT2D eigenvalue weighted by molar-refractivity contribution is -0.138. The number of carbonyl (C=O) groups excluding carboxylic acids is 1. The molecule has 0 aliphatic carbocycles. The molecule has 0 spiro atoms. The Labute approximate surface area is 174 Å². The van der Waals surface area contributed by atoms with Crippen LogP contribution in [0.3, 0.4) is 0 Å². The molecule has 3 rings (SSSR count). The molecular weight excluding hydrogens is 421 g/mol. The van der Waals surface area contributed by atoms with Crippen LogP contribution in [0.5, 0.6) is 0 Å². The highest BCUT2D eigenvalue weighted by atomic mass is 35.5. The van der Waals surface area contributed by atoms with E-state index >= 15 is 0 Å². The zero-order valence-electron chi connectivity index (χ0n) is 15.4. The summed E-state index contributed by atoms with van der Waals surface area (Å²) in [5, 5.41) is 0.626. The van der Waals surface area contributed by atoms with E-state index in [-0.39, 0.29) is 28.6 Å². The Morgan fingerprint density at radius 1 is 1.18 bits per heavy atom. The third-order valence-electron chi connectivity index (χ3n) is 4.52. The summed E-state index contributed by atoms with van der Waals surface area (Å²) in [6, 6.07) is 10.7. The van der Waals surface area contributed by atoms with E-state index in [1.165, 1.54) is 4.31 Å². The van der Waals surface area contributed by atoms with E-state index in [9.17, 15) is 13.2 Å². The molecule has 0 saturated carbocycles. The van der Waals surface area contributed by atoms with Crippen molar-refractivity contribution in [2.75, 3.05) is 13.2 Å². The molecule has 8 heteroatoms. The molecule has 0 fully saturated rings. The molecule has 148 valence electrons. The molecule has 0 bridgehead atoms. The number of hydrogen-bond donors (Lipinski definition) is 0. The highest BCUT2D eigenvalue weighted by molar-refractivity contribution is 7.89. The molecule has 0 saturated heterocycles. The van der Waals surface area contributed by atoms with Gasteiger partial charge in [-0.3, -0.25) is 0 Å². The Bertz CT molecular complexity index is 1050. The maximum absolute atomic E-state index is 13.4. The van der Waals surface area contributed by atoms with Crippen molar-refractivity contribution in [2.24, 2.45) is 0 Å². The fraction of sp³-hybridized carbons (Fsp3) is 0.250. The van der Waals surface area contributed by atoms with Gasteiger partial charge in [0.05, 0.1) is 33.2 Å². The van der Waals surface area contributed by atoms with Gasteiger partial charge >= 0.3 is 5.97 Å². The summed E-state index contributed by atoms with van der Waals surface area (Å²) in [6.45, 7) is 3.67. The second-order valence-electron chi connectivity index (χ2n) is 6.30. The summed E-state index contributed by atoms with van der Waals surface area (Å²) in [7, 11) is -3.87. The van der Waals surface area contributed by atoms with Gasteiger partial charge in [0.2, 0.25) is 10.0 Å². The van der Waals surface area contributed by atoms with Crippen molar-refractivity contribution in [1.29, 1.82) is 0 Å². The molecule has 1 unspecified atom stereocenters. The van der Waals surface area contributed by atoms with Crippen LogP contribution in [-0.2, 0) is 19.6 Å². The van der Waals surface area contributed by atoms with Crippen LogP contribution in [0.15, 0.2) is 59.0 Å². The molecule has 2 aromatic carbocycles. The van der Waals surface area contributed by atoms with Crippen LogP contribution in [0, 0.1) is 6.92 Å². The van der Waals surface area contributed by atoms with Gasteiger partial charge in [-0.15, -0.1) is 0 Å². The Morgan fingerprint density at radius 3 is 2.54 bits per heavy atom. The second kappa shape index (κ2) is 8.25. The first-order valence-corrected chi connectivity index (χ1v) is 10.9. The lowest BCUT2D eigenvalue weighted by Gasteiger charge is -2.27. The van der Waals surface area contributed by atoms with E-state index in [0.717, 1.165) is 0 Å². The Hall–Kier alpha value is -1.86. The predicted octanol–water partition coefficient (Wildman–Crippen LogP) is 4.54. The number of halogens is 2. The topological polar surface area (TPSA) is 63.7 Å². The average molecular weight is 440 g/mol. The molecule has 1 atom stereocenters. The number of carbonyl (C=O) groups is 1. The minimum absolute atomic E-state index is 0.0513. The average Bonchev–Trinajstić information content (AvgIpc) is 3.10. The van der Waals surface area contributed by atoms with Crippen molar-refractivity contribution in [3.8, 4) is 0 Å². The summed E-state index contributed by atoms with van der Waals surface area (Å²) in [5.74, 6) is -0.555. The Balaban J connectivity index is 2.11. The van der Waals surface area contributed by atoms with Crippen molar-refractivity contribution in [1.82, 2.24) is 4.31 Å². The van der Waals surface area contributed by atoms with Crippen molar-refractivity contribution >= 4 is 39.2 Å². The van der Waals surface area contributed by atoms with Crippen LogP contribution in [-0.4, -0.2) is 31.8 Å². The maximum Gasteiger partial charge on any atom is 0.335 e. The molecule has 0 aromatic heterocycles. The van der Waals surface area contributed by atoms with Gasteiger partial charge in [-0.05, 0) is 43.2 Å². The quantitative estimate of drug-likeness (QED) is 0.641. The molecule has 1 heterocycles. The summed E-state index contributed by atoms with van der Waals surface area (Å²) >= 11 is 12.2. The van der Waals surface area contributed by atoms with Crippen molar-refractivity contribution in [3.63, 3.8) is 0 Å². The van der Waals surface area contributed by atoms with E-state index < -0.39 is 22.0 Å². The van der Waals surface area contributed by atoms with Gasteiger partial charge < -0.3 is 4.74 Å². The molecular formula is C20H19Cl2NO4S. The second-order valence-corrected chi connectivity index (χ2v) is 8.97. The number of benzene rings is 2. The lowest BCUT2D eigenvalue weighted by Crippen LogP contribution is -2.33. The van der Waals surface area contributed by atoms with E-state index in [1.54, 1.807) is 62.4 Å². The first-order valence-electron chi connectivity index (χ1n) is 8.67. The van der Waals surface area contributed by atoms with Crippen LogP contribution in [0.2, 0.25) is 10.0 Å². The van der Waals surface area contributed by atoms with Gasteiger partial charge in [-0.1, -0.05) is 53.5 Å². The van der Waals surface area contributed by atoms with E-state index in [2.05, 4.69) is 0 Å². The Morgan fingerprint density at radius 2 is 1.89 bits per heavy atom. The van der Waals surface area contributed by atoms with Gasteiger partial charge in [-0.2, -0.15) is 4.31 Å². The SMILES string of the molecule is CCOC(=O)C1=CCN(S(=O)(=O)c2ccccc2C)C1c1ccc(Cl)c(Cl)c1. The van der Waals surface area contributed by atoms with Crippen LogP contribution in [0.1, 0.15) is 24.1 Å². The third kappa shape index (κ3) is 3.82. The molecule has 0 N–H and O–H groups in total. The summed E-state index contributed by atoms with van der Waals surface area (Å²) in [4.78, 5) is 12.7. The number of esters is 1. The number of ether oxygens (including phenoxy) is 1. The summed E-state index contributed by atoms with van der Waals surface area (Å²) in [5.41, 5.74) is 1.43. The van der Waals surface area contributed by atoms with Crippen molar-refractivity contribution in [3.05, 3.63) is 75.3 Å². The number of sulfonamides is 1. The first-order chi connectivity index (χ1) is 13.3. The smallest absolute Gasteiger partial charge is 0.335 e. The van der Waals surface area contributed by atoms with E-state index in [1.807, 2.05) is 0 Å². The van der Waals surface area contributed by atoms with Gasteiger partial charge in [0.15, 0.2) is 0 Å². The highest BCUT2D eigenvalue weighted by Crippen LogP contribution is 2.40. The first kappa shape index (κ1) is 20.9. The predicted molar refractivity (Wildman–Crippen MR) is 109 cm³/mol. The molecule has 2 aromatic rings. The minimum Gasteiger partial charge on any atom is -0.463 e. The highest BCUT2D eigenvalue weighted by Gasteiger charge is 2.41. The number of nitrogens with zero attached hydrogens (tertiary/aromatic N) is 1. The van der Waals surface area contributed by atoms with Crippen LogP contribution >= 0.6 is 23.2 Å². The van der Waals surface area contributed by atoms with Gasteiger partial charge in [0.1, 0.15) is 0 Å². The number of rotatable bonds is 5. The van der Waals surface area contributed by atoms with E-state index in [4.69, 9.17) is 27.9 Å². The molecule has 0 radical (unpaired) electrons. The zero-order chi connectivity index (χ0) is 20.5. The maximum atomic E-state index is 13.4. The standard InChI is InChI=1S/C20H19Cl2NO4S/c1-3-27-20(24)15-10-11-23(19(15)14-8-9-16(21)17(22)12-14)28(25,26)18-7-5-4-6-13(18)2/h4-10,12,19H,3,11H2,1-2H3. The van der Waals surface area contributed by atoms with Gasteiger partial charge in [0.25, 0.3) is 0 Å². The molecule has 0 amide bonds. The number of hydrogen-bond acceptors (Lipinski definition) is 4. The van der Waals surface area contributed by atoms with Crippen molar-refractivity contribution in [2.45, 2.75) is 24.8 Å². The largest absolute Gasteiger partial charge is 0.463 e. The van der Waals surface area contributed by atoms with Gasteiger partial charge in [0, 0.05) is 6.54 Å². The number of aryl methyl sites for hydroxylation is 1. The summed E-state index contributed by atoms with van der Waals surface area (Å²) in [6.07, 6.45) is 1.58. The van der Waals surface area contributed by atoms with Crippen LogP contribution in [0.4, 0.5) is 0 Å². The van der Waals surface area contributed by atoms with Crippen molar-refractivity contribution < 1.29 is 17.9 Å². The molecule has 1 aliphatic rings. The normalized spacial score (nSPS) is 17.4. The minimum atomic E-state index is -3.87. The lowest BCUT2D eigenvalue weighted by atomic mass is 10.0. The summed E-state index contributed by atoms with van der Waals surface area (Å²) < 4.78 is 33.2. The fourth-order valence-electron chi connectivity index (χ4n) is 3.21. The Kier molecular flexibility index (Phi) is 6.15. The van der Waals surface area contributed by atoms with Gasteiger partial charge in [-0.25, -0.2) is 13.2 Å². The molecule has 1 aliphatic heterocycles. The molecule has 5 nitrogen and oxygen atoms in total. The monoisotopic (exact) mass is 439 g/mol. The van der Waals surface area contributed by atoms with Crippen LogP contribution in [0.25, 0.3) is 0 Å². The zero-order valence-corrected chi connectivity index (χ0v) is 17.7. The fourth-order valence-corrected chi connectivity index (χ4v) is 5.28.